The van der Waals surface area contributed by atoms with Crippen LogP contribution in [0.3, 0.4) is 0 Å². The number of hydrogen-bond donors (Lipinski definition) is 4. The Bertz CT molecular complexity index is 1460. The second-order valence-corrected chi connectivity index (χ2v) is 9.37. The predicted octanol–water partition coefficient (Wildman–Crippen LogP) is 1.45. The summed E-state index contributed by atoms with van der Waals surface area (Å²) < 4.78 is 22.2. The largest absolute Gasteiger partial charge is 0.507 e. The predicted molar refractivity (Wildman–Crippen MR) is 140 cm³/mol. The SMILES string of the molecule is CC(C)C[C@H](NC(=O)COc1cc(O)c2c(=O)c(-c3ccc4c(c3)OCCO4)coc2c1)C(=O)NCC(N)=O. The zero-order valence-electron chi connectivity index (χ0n) is 21.4. The third-order valence-corrected chi connectivity index (χ3v) is 5.85. The molecule has 0 spiro atoms. The molecule has 0 fully saturated rings. The minimum Gasteiger partial charge on any atom is -0.507 e. The number of hydrogen-bond acceptors (Lipinski definition) is 9. The minimum absolute atomic E-state index is 0.0534. The lowest BCUT2D eigenvalue weighted by atomic mass is 10.0. The molecule has 4 rings (SSSR count). The summed E-state index contributed by atoms with van der Waals surface area (Å²) in [6, 6.07) is 6.73. The van der Waals surface area contributed by atoms with Gasteiger partial charge in [-0.25, -0.2) is 0 Å². The van der Waals surface area contributed by atoms with Crippen LogP contribution in [0.1, 0.15) is 20.3 Å². The molecule has 0 unspecified atom stereocenters. The fourth-order valence-electron chi connectivity index (χ4n) is 4.09. The van der Waals surface area contributed by atoms with Crippen LogP contribution in [0.5, 0.6) is 23.0 Å². The molecule has 0 radical (unpaired) electrons. The summed E-state index contributed by atoms with van der Waals surface area (Å²) in [7, 11) is 0. The van der Waals surface area contributed by atoms with Gasteiger partial charge in [0, 0.05) is 12.1 Å². The maximum atomic E-state index is 13.2. The summed E-state index contributed by atoms with van der Waals surface area (Å²) >= 11 is 0. The molecule has 0 bridgehead atoms. The fourth-order valence-corrected chi connectivity index (χ4v) is 4.09. The maximum absolute atomic E-state index is 13.2. The van der Waals surface area contributed by atoms with Crippen LogP contribution in [0, 0.1) is 5.92 Å². The quantitative estimate of drug-likeness (QED) is 0.297. The van der Waals surface area contributed by atoms with Gasteiger partial charge in [0.2, 0.25) is 17.2 Å². The number of ether oxygens (including phenoxy) is 3. The number of phenolic OH excluding ortho intramolecular Hbond substituents is 1. The van der Waals surface area contributed by atoms with Crippen molar-refractivity contribution >= 4 is 28.7 Å². The minimum atomic E-state index is -0.901. The Morgan fingerprint density at radius 3 is 2.56 bits per heavy atom. The van der Waals surface area contributed by atoms with Crippen molar-refractivity contribution in [1.29, 1.82) is 0 Å². The van der Waals surface area contributed by atoms with Crippen molar-refractivity contribution in [2.45, 2.75) is 26.3 Å². The molecule has 0 saturated heterocycles. The first kappa shape index (κ1) is 27.3. The zero-order valence-corrected chi connectivity index (χ0v) is 21.4. The number of aromatic hydroxyl groups is 1. The summed E-state index contributed by atoms with van der Waals surface area (Å²) in [4.78, 5) is 49.0. The number of primary amides is 1. The van der Waals surface area contributed by atoms with Gasteiger partial charge in [0.25, 0.3) is 5.91 Å². The monoisotopic (exact) mass is 539 g/mol. The van der Waals surface area contributed by atoms with Crippen molar-refractivity contribution in [3.63, 3.8) is 0 Å². The van der Waals surface area contributed by atoms with Crippen LogP contribution in [0.2, 0.25) is 0 Å². The Morgan fingerprint density at radius 2 is 1.85 bits per heavy atom. The van der Waals surface area contributed by atoms with Gasteiger partial charge < -0.3 is 40.1 Å². The van der Waals surface area contributed by atoms with Crippen molar-refractivity contribution in [1.82, 2.24) is 10.6 Å². The van der Waals surface area contributed by atoms with Crippen molar-refractivity contribution < 1.29 is 38.1 Å². The number of nitrogens with one attached hydrogen (secondary N) is 2. The molecule has 2 aromatic carbocycles. The van der Waals surface area contributed by atoms with E-state index in [2.05, 4.69) is 10.6 Å². The molecule has 1 aliphatic rings. The number of rotatable bonds is 10. The van der Waals surface area contributed by atoms with E-state index in [-0.39, 0.29) is 40.5 Å². The molecular formula is C27H29N3O9. The molecule has 1 aromatic heterocycles. The number of amides is 3. The van der Waals surface area contributed by atoms with Crippen molar-refractivity contribution in [3.05, 3.63) is 46.8 Å². The molecule has 5 N–H and O–H groups in total. The highest BCUT2D eigenvalue weighted by Gasteiger charge is 2.23. The highest BCUT2D eigenvalue weighted by molar-refractivity contribution is 5.91. The molecule has 3 aromatic rings. The van der Waals surface area contributed by atoms with Crippen LogP contribution in [0.25, 0.3) is 22.1 Å². The second-order valence-electron chi connectivity index (χ2n) is 9.37. The lowest BCUT2D eigenvalue weighted by molar-refractivity contribution is -0.131. The normalized spacial score (nSPS) is 13.1. The van der Waals surface area contributed by atoms with Gasteiger partial charge >= 0.3 is 0 Å². The number of phenols is 1. The Hall–Kier alpha value is -4.74. The average molecular weight is 540 g/mol. The standard InChI is InChI=1S/C27H29N3O9/c1-14(2)7-18(27(35)29-11-23(28)32)30-24(33)13-38-16-9-19(31)25-22(10-16)39-12-17(26(25)34)15-3-4-20-21(8-15)37-6-5-36-20/h3-4,8-10,12,14,18,31H,5-7,11,13H2,1-2H3,(H2,28,32)(H,29,35)(H,30,33)/t18-/m0/s1. The topological polar surface area (TPSA) is 179 Å². The molecular weight excluding hydrogens is 510 g/mol. The molecule has 2 heterocycles. The van der Waals surface area contributed by atoms with Gasteiger partial charge in [-0.1, -0.05) is 19.9 Å². The molecule has 12 nitrogen and oxygen atoms in total. The number of nitrogens with two attached hydrogens (primary N) is 1. The van der Waals surface area contributed by atoms with E-state index >= 15 is 0 Å². The van der Waals surface area contributed by atoms with Crippen LogP contribution in [-0.4, -0.2) is 55.2 Å². The summed E-state index contributed by atoms with van der Waals surface area (Å²) in [6.45, 7) is 3.75. The van der Waals surface area contributed by atoms with Crippen molar-refractivity contribution in [3.8, 4) is 34.1 Å². The lowest BCUT2D eigenvalue weighted by Gasteiger charge is -2.20. The van der Waals surface area contributed by atoms with E-state index in [4.69, 9.17) is 24.4 Å². The van der Waals surface area contributed by atoms with Gasteiger partial charge in [-0.05, 0) is 30.0 Å². The molecule has 12 heteroatoms. The van der Waals surface area contributed by atoms with E-state index in [1.54, 1.807) is 18.2 Å². The van der Waals surface area contributed by atoms with E-state index in [9.17, 15) is 24.3 Å². The number of carbonyl (C=O) groups is 3. The lowest BCUT2D eigenvalue weighted by Crippen LogP contribution is -2.50. The van der Waals surface area contributed by atoms with Gasteiger partial charge in [0.1, 0.15) is 48.0 Å². The smallest absolute Gasteiger partial charge is 0.258 e. The first-order valence-electron chi connectivity index (χ1n) is 12.3. The molecule has 0 saturated carbocycles. The summed E-state index contributed by atoms with van der Waals surface area (Å²) in [6.07, 6.45) is 1.59. The molecule has 0 aliphatic carbocycles. The summed E-state index contributed by atoms with van der Waals surface area (Å²) in [5.74, 6) is -1.02. The molecule has 206 valence electrons. The van der Waals surface area contributed by atoms with Crippen molar-refractivity contribution in [2.75, 3.05) is 26.4 Å². The third kappa shape index (κ3) is 6.58. The first-order valence-corrected chi connectivity index (χ1v) is 12.3. The van der Waals surface area contributed by atoms with Gasteiger partial charge in [-0.15, -0.1) is 0 Å². The second kappa shape index (κ2) is 11.8. The van der Waals surface area contributed by atoms with Crippen LogP contribution in [0.15, 0.2) is 45.8 Å². The summed E-state index contributed by atoms with van der Waals surface area (Å²) in [5.41, 5.74) is 5.40. The van der Waals surface area contributed by atoms with Crippen LogP contribution in [0.4, 0.5) is 0 Å². The van der Waals surface area contributed by atoms with Gasteiger partial charge in [0.05, 0.1) is 12.1 Å². The summed E-state index contributed by atoms with van der Waals surface area (Å²) in [5, 5.41) is 15.5. The van der Waals surface area contributed by atoms with E-state index in [1.165, 1.54) is 18.4 Å². The molecule has 39 heavy (non-hydrogen) atoms. The number of fused-ring (bicyclic) bond motifs is 2. The average Bonchev–Trinajstić information content (AvgIpc) is 2.89. The van der Waals surface area contributed by atoms with E-state index in [0.29, 0.717) is 36.7 Å². The van der Waals surface area contributed by atoms with Gasteiger partial charge in [-0.3, -0.25) is 19.2 Å². The first-order chi connectivity index (χ1) is 18.6. The van der Waals surface area contributed by atoms with Gasteiger partial charge in [0.15, 0.2) is 18.1 Å². The third-order valence-electron chi connectivity index (χ3n) is 5.85. The maximum Gasteiger partial charge on any atom is 0.258 e. The Labute approximate surface area is 223 Å². The number of carbonyl (C=O) groups excluding carboxylic acids is 3. The van der Waals surface area contributed by atoms with Crippen molar-refractivity contribution in [2.24, 2.45) is 11.7 Å². The Balaban J connectivity index is 1.48. The molecule has 1 aliphatic heterocycles. The Kier molecular flexibility index (Phi) is 8.23. The van der Waals surface area contributed by atoms with E-state index < -0.39 is 35.8 Å². The van der Waals surface area contributed by atoms with Crippen LogP contribution >= 0.6 is 0 Å². The highest BCUT2D eigenvalue weighted by Crippen LogP contribution is 2.35. The van der Waals surface area contributed by atoms with Gasteiger partial charge in [-0.2, -0.15) is 0 Å². The number of benzene rings is 2. The molecule has 3 amide bonds. The zero-order chi connectivity index (χ0) is 28.1. The van der Waals surface area contributed by atoms with Crippen LogP contribution in [-0.2, 0) is 14.4 Å². The Morgan fingerprint density at radius 1 is 1.10 bits per heavy atom. The van der Waals surface area contributed by atoms with E-state index in [1.807, 2.05) is 13.8 Å². The highest BCUT2D eigenvalue weighted by atomic mass is 16.6. The van der Waals surface area contributed by atoms with E-state index in [0.717, 1.165) is 0 Å². The van der Waals surface area contributed by atoms with Crippen LogP contribution < -0.4 is 36.0 Å². The molecule has 1 atom stereocenters. The fraction of sp³-hybridized carbons (Fsp3) is 0.333.